The number of carbonyl (C=O) groups excluding carboxylic acids is 1. The average molecular weight is 257 g/mol. The molecule has 0 aliphatic carbocycles. The third-order valence-electron chi connectivity index (χ3n) is 2.65. The van der Waals surface area contributed by atoms with Gasteiger partial charge in [0.05, 0.1) is 5.69 Å². The van der Waals surface area contributed by atoms with E-state index in [-0.39, 0.29) is 5.75 Å². The molecule has 0 bridgehead atoms. The number of nitrogens with one attached hydrogen (secondary N) is 1. The molecule has 0 fully saturated rings. The van der Waals surface area contributed by atoms with Crippen LogP contribution in [0.3, 0.4) is 0 Å². The van der Waals surface area contributed by atoms with Gasteiger partial charge in [0.2, 0.25) is 0 Å². The fourth-order valence-corrected chi connectivity index (χ4v) is 1.70. The Hall–Kier alpha value is -2.53. The summed E-state index contributed by atoms with van der Waals surface area (Å²) in [5.74, 6) is 0.174. The highest BCUT2D eigenvalue weighted by atomic mass is 16.3. The van der Waals surface area contributed by atoms with Crippen LogP contribution < -0.4 is 16.2 Å². The highest BCUT2D eigenvalue weighted by Gasteiger charge is 2.12. The first-order valence-corrected chi connectivity index (χ1v) is 5.83. The molecular weight excluding hydrogens is 242 g/mol. The fraction of sp³-hybridized carbons (Fsp3) is 0.0714. The Bertz CT molecular complexity index is 558. The van der Waals surface area contributed by atoms with Gasteiger partial charge in [-0.3, -0.25) is 0 Å². The predicted molar refractivity (Wildman–Crippen MR) is 73.5 cm³/mol. The topological polar surface area (TPSA) is 78.6 Å². The number of primary amides is 1. The monoisotopic (exact) mass is 257 g/mol. The maximum Gasteiger partial charge on any atom is 0.333 e. The second kappa shape index (κ2) is 5.88. The van der Waals surface area contributed by atoms with Gasteiger partial charge >= 0.3 is 6.03 Å². The van der Waals surface area contributed by atoms with Gasteiger partial charge in [0.15, 0.2) is 0 Å². The average Bonchev–Trinajstić information content (AvgIpc) is 2.42. The first-order chi connectivity index (χ1) is 9.18. The molecule has 2 rings (SSSR count). The summed E-state index contributed by atoms with van der Waals surface area (Å²) in [5.41, 5.74) is 9.55. The number of nitrogens with two attached hydrogens (primary N) is 1. The molecule has 0 radical (unpaired) electrons. The number of aromatic hydroxyl groups is 1. The van der Waals surface area contributed by atoms with E-state index < -0.39 is 6.03 Å². The van der Waals surface area contributed by atoms with E-state index in [9.17, 15) is 9.90 Å². The van der Waals surface area contributed by atoms with Crippen molar-refractivity contribution in [1.29, 1.82) is 0 Å². The number of rotatable bonds is 4. The van der Waals surface area contributed by atoms with Crippen molar-refractivity contribution in [3.8, 4) is 5.75 Å². The Kier molecular flexibility index (Phi) is 4.00. The molecule has 0 spiro atoms. The first-order valence-electron chi connectivity index (χ1n) is 5.83. The molecule has 2 amide bonds. The van der Waals surface area contributed by atoms with Crippen LogP contribution in [-0.4, -0.2) is 11.1 Å². The number of para-hydroxylation sites is 2. The molecule has 0 aliphatic heterocycles. The number of hydrogen-bond donors (Lipinski definition) is 3. The van der Waals surface area contributed by atoms with Crippen LogP contribution in [0.5, 0.6) is 5.75 Å². The lowest BCUT2D eigenvalue weighted by Crippen LogP contribution is -2.45. The number of benzene rings is 2. The van der Waals surface area contributed by atoms with Crippen molar-refractivity contribution < 1.29 is 9.90 Å². The normalized spacial score (nSPS) is 10.1. The van der Waals surface area contributed by atoms with Gasteiger partial charge in [0.25, 0.3) is 0 Å². The number of phenolic OH excluding ortho intramolecular Hbond substituents is 1. The van der Waals surface area contributed by atoms with Crippen LogP contribution >= 0.6 is 0 Å². The number of phenols is 1. The van der Waals surface area contributed by atoms with Crippen LogP contribution in [0.2, 0.25) is 0 Å². The Balaban J connectivity index is 2.11. The number of hydrazine groups is 1. The van der Waals surface area contributed by atoms with Crippen LogP contribution in [-0.2, 0) is 6.54 Å². The van der Waals surface area contributed by atoms with Crippen LogP contribution in [0.15, 0.2) is 54.6 Å². The number of nitrogens with zero attached hydrogens (tertiary/aromatic N) is 1. The number of anilines is 1. The molecule has 2 aromatic rings. The summed E-state index contributed by atoms with van der Waals surface area (Å²) in [5, 5.41) is 10.9. The van der Waals surface area contributed by atoms with Gasteiger partial charge in [-0.1, -0.05) is 36.4 Å². The van der Waals surface area contributed by atoms with Gasteiger partial charge in [0.1, 0.15) is 5.75 Å². The van der Waals surface area contributed by atoms with E-state index in [0.717, 1.165) is 0 Å². The summed E-state index contributed by atoms with van der Waals surface area (Å²) in [6, 6.07) is 15.3. The van der Waals surface area contributed by atoms with Crippen LogP contribution in [0.1, 0.15) is 5.56 Å². The summed E-state index contributed by atoms with van der Waals surface area (Å²) in [6.45, 7) is 0.296. The van der Waals surface area contributed by atoms with Crippen molar-refractivity contribution in [2.24, 2.45) is 5.73 Å². The minimum absolute atomic E-state index is 0.174. The summed E-state index contributed by atoms with van der Waals surface area (Å²) in [4.78, 5) is 11.4. The van der Waals surface area contributed by atoms with Gasteiger partial charge in [-0.15, -0.1) is 0 Å². The quantitative estimate of drug-likeness (QED) is 0.733. The van der Waals surface area contributed by atoms with Crippen molar-refractivity contribution in [3.05, 3.63) is 60.2 Å². The molecule has 2 aromatic carbocycles. The van der Waals surface area contributed by atoms with Crippen molar-refractivity contribution in [1.82, 2.24) is 5.43 Å². The molecule has 19 heavy (non-hydrogen) atoms. The van der Waals surface area contributed by atoms with E-state index in [1.165, 1.54) is 5.01 Å². The van der Waals surface area contributed by atoms with Gasteiger partial charge < -0.3 is 10.8 Å². The van der Waals surface area contributed by atoms with Crippen LogP contribution in [0.25, 0.3) is 0 Å². The highest BCUT2D eigenvalue weighted by Crippen LogP contribution is 2.16. The Morgan fingerprint density at radius 3 is 2.37 bits per heavy atom. The third kappa shape index (κ3) is 3.23. The van der Waals surface area contributed by atoms with E-state index in [0.29, 0.717) is 17.8 Å². The SMILES string of the molecule is NC(=O)N(NCc1ccccc1O)c1ccccc1. The standard InChI is InChI=1S/C14H15N3O2/c15-14(19)17(12-7-2-1-3-8-12)16-10-11-6-4-5-9-13(11)18/h1-9,16,18H,10H2,(H2,15,19). The fourth-order valence-electron chi connectivity index (χ4n) is 1.70. The predicted octanol–water partition coefficient (Wildman–Crippen LogP) is 1.98. The zero-order chi connectivity index (χ0) is 13.7. The number of urea groups is 1. The molecule has 0 aliphatic rings. The van der Waals surface area contributed by atoms with Gasteiger partial charge in [-0.2, -0.15) is 0 Å². The van der Waals surface area contributed by atoms with E-state index >= 15 is 0 Å². The lowest BCUT2D eigenvalue weighted by molar-refractivity contribution is 0.251. The molecule has 5 heteroatoms. The highest BCUT2D eigenvalue weighted by molar-refractivity contribution is 5.89. The van der Waals surface area contributed by atoms with E-state index in [2.05, 4.69) is 5.43 Å². The molecule has 0 aromatic heterocycles. The molecule has 0 saturated carbocycles. The van der Waals surface area contributed by atoms with Crippen LogP contribution in [0.4, 0.5) is 10.5 Å². The minimum Gasteiger partial charge on any atom is -0.508 e. The second-order valence-electron chi connectivity index (χ2n) is 3.97. The largest absolute Gasteiger partial charge is 0.508 e. The molecule has 98 valence electrons. The maximum atomic E-state index is 11.4. The summed E-state index contributed by atoms with van der Waals surface area (Å²) >= 11 is 0. The van der Waals surface area contributed by atoms with E-state index in [1.54, 1.807) is 30.3 Å². The van der Waals surface area contributed by atoms with E-state index in [1.807, 2.05) is 24.3 Å². The molecule has 0 atom stereocenters. The van der Waals surface area contributed by atoms with Crippen molar-refractivity contribution >= 4 is 11.7 Å². The number of carbonyl (C=O) groups is 1. The molecular formula is C14H15N3O2. The molecule has 0 saturated heterocycles. The van der Waals surface area contributed by atoms with E-state index in [4.69, 9.17) is 5.73 Å². The molecule has 0 heterocycles. The smallest absolute Gasteiger partial charge is 0.333 e. The molecule has 5 nitrogen and oxygen atoms in total. The van der Waals surface area contributed by atoms with Gasteiger partial charge in [-0.25, -0.2) is 15.2 Å². The first kappa shape index (κ1) is 12.9. The van der Waals surface area contributed by atoms with Crippen molar-refractivity contribution in [2.45, 2.75) is 6.54 Å². The van der Waals surface area contributed by atoms with Crippen molar-refractivity contribution in [2.75, 3.05) is 5.01 Å². The lowest BCUT2D eigenvalue weighted by Gasteiger charge is -2.21. The Labute approximate surface area is 111 Å². The summed E-state index contributed by atoms with van der Waals surface area (Å²) in [7, 11) is 0. The summed E-state index contributed by atoms with van der Waals surface area (Å²) in [6.07, 6.45) is 0. The minimum atomic E-state index is -0.610. The molecule has 0 unspecified atom stereocenters. The summed E-state index contributed by atoms with van der Waals surface area (Å²) < 4.78 is 0. The number of hydrogen-bond acceptors (Lipinski definition) is 3. The zero-order valence-electron chi connectivity index (χ0n) is 10.3. The van der Waals surface area contributed by atoms with Crippen LogP contribution in [0, 0.1) is 0 Å². The number of amides is 2. The maximum absolute atomic E-state index is 11.4. The Morgan fingerprint density at radius 1 is 1.11 bits per heavy atom. The van der Waals surface area contributed by atoms with Gasteiger partial charge in [-0.05, 0) is 18.2 Å². The Morgan fingerprint density at radius 2 is 1.74 bits per heavy atom. The van der Waals surface area contributed by atoms with Crippen molar-refractivity contribution in [3.63, 3.8) is 0 Å². The van der Waals surface area contributed by atoms with Gasteiger partial charge in [0, 0.05) is 12.1 Å². The lowest BCUT2D eigenvalue weighted by atomic mass is 10.2. The zero-order valence-corrected chi connectivity index (χ0v) is 10.3. The molecule has 4 N–H and O–H groups in total. The third-order valence-corrected chi connectivity index (χ3v) is 2.65. The second-order valence-corrected chi connectivity index (χ2v) is 3.97.